The van der Waals surface area contributed by atoms with Gasteiger partial charge in [0.05, 0.1) is 18.1 Å². The number of sulfonamides is 1. The SMILES string of the molecule is COc1ccc(C(=O)Nc2nc3ccccc3nc2N2CCCC2)cc1S(=O)(=O)NC(C)(C)C. The number of benzene rings is 2. The van der Waals surface area contributed by atoms with Crippen molar-refractivity contribution in [1.29, 1.82) is 0 Å². The van der Waals surface area contributed by atoms with E-state index in [4.69, 9.17) is 9.72 Å². The number of amides is 1. The molecule has 1 aromatic heterocycles. The molecule has 0 spiro atoms. The van der Waals surface area contributed by atoms with E-state index in [0.29, 0.717) is 17.2 Å². The minimum Gasteiger partial charge on any atom is -0.495 e. The largest absolute Gasteiger partial charge is 0.495 e. The fourth-order valence-corrected chi connectivity index (χ4v) is 5.50. The molecule has 3 aromatic rings. The molecule has 2 aromatic carbocycles. The molecule has 1 fully saturated rings. The van der Waals surface area contributed by atoms with E-state index >= 15 is 0 Å². The lowest BCUT2D eigenvalue weighted by Crippen LogP contribution is -2.40. The van der Waals surface area contributed by atoms with E-state index in [2.05, 4.69) is 19.9 Å². The Morgan fingerprint density at radius 2 is 1.68 bits per heavy atom. The van der Waals surface area contributed by atoms with Crippen molar-refractivity contribution in [2.24, 2.45) is 0 Å². The molecule has 0 atom stereocenters. The fraction of sp³-hybridized carbons (Fsp3) is 0.375. The Hall–Kier alpha value is -3.24. The molecule has 2 N–H and O–H groups in total. The molecule has 1 amide bonds. The van der Waals surface area contributed by atoms with Crippen LogP contribution in [-0.2, 0) is 10.0 Å². The first-order valence-electron chi connectivity index (χ1n) is 11.1. The third kappa shape index (κ3) is 5.13. The van der Waals surface area contributed by atoms with Gasteiger partial charge in [0.2, 0.25) is 10.0 Å². The van der Waals surface area contributed by atoms with E-state index in [1.807, 2.05) is 24.3 Å². The zero-order valence-corrected chi connectivity index (χ0v) is 20.6. The lowest BCUT2D eigenvalue weighted by atomic mass is 10.1. The summed E-state index contributed by atoms with van der Waals surface area (Å²) in [5.74, 6) is 0.621. The number of methoxy groups -OCH3 is 1. The second kappa shape index (κ2) is 9.19. The highest BCUT2D eigenvalue weighted by atomic mass is 32.2. The summed E-state index contributed by atoms with van der Waals surface area (Å²) in [5.41, 5.74) is 0.868. The number of aromatic nitrogens is 2. The molecule has 1 saturated heterocycles. The number of hydrogen-bond donors (Lipinski definition) is 2. The van der Waals surface area contributed by atoms with Crippen LogP contribution in [0.25, 0.3) is 11.0 Å². The van der Waals surface area contributed by atoms with Gasteiger partial charge < -0.3 is 15.0 Å². The minimum absolute atomic E-state index is 0.109. The van der Waals surface area contributed by atoms with Gasteiger partial charge in [-0.2, -0.15) is 0 Å². The van der Waals surface area contributed by atoms with E-state index in [9.17, 15) is 13.2 Å². The van der Waals surface area contributed by atoms with Crippen LogP contribution in [0.1, 0.15) is 44.0 Å². The maximum absolute atomic E-state index is 13.2. The number of para-hydroxylation sites is 2. The smallest absolute Gasteiger partial charge is 0.256 e. The van der Waals surface area contributed by atoms with Crippen LogP contribution >= 0.6 is 0 Å². The highest BCUT2D eigenvalue weighted by molar-refractivity contribution is 7.89. The van der Waals surface area contributed by atoms with Crippen LogP contribution in [-0.4, -0.2) is 50.0 Å². The molecule has 0 radical (unpaired) electrons. The monoisotopic (exact) mass is 483 g/mol. The van der Waals surface area contributed by atoms with Crippen molar-refractivity contribution in [3.05, 3.63) is 48.0 Å². The van der Waals surface area contributed by atoms with E-state index in [0.717, 1.165) is 31.4 Å². The number of nitrogens with one attached hydrogen (secondary N) is 2. The molecule has 0 unspecified atom stereocenters. The highest BCUT2D eigenvalue weighted by Crippen LogP contribution is 2.30. The molecular weight excluding hydrogens is 454 g/mol. The molecule has 34 heavy (non-hydrogen) atoms. The Kier molecular flexibility index (Phi) is 6.46. The van der Waals surface area contributed by atoms with Gasteiger partial charge in [0.25, 0.3) is 5.91 Å². The van der Waals surface area contributed by atoms with Gasteiger partial charge in [-0.05, 0) is 63.9 Å². The maximum Gasteiger partial charge on any atom is 0.256 e. The van der Waals surface area contributed by atoms with Crippen LogP contribution < -0.4 is 19.7 Å². The van der Waals surface area contributed by atoms with E-state index in [1.165, 1.54) is 25.3 Å². The summed E-state index contributed by atoms with van der Waals surface area (Å²) in [7, 11) is -2.54. The van der Waals surface area contributed by atoms with Crippen LogP contribution in [0.5, 0.6) is 5.75 Å². The van der Waals surface area contributed by atoms with Gasteiger partial charge in [0, 0.05) is 24.2 Å². The van der Waals surface area contributed by atoms with Gasteiger partial charge in [-0.15, -0.1) is 0 Å². The first kappa shape index (κ1) is 23.9. The second-order valence-electron chi connectivity index (χ2n) is 9.25. The third-order valence-electron chi connectivity index (χ3n) is 5.35. The number of nitrogens with zero attached hydrogens (tertiary/aromatic N) is 3. The summed E-state index contributed by atoms with van der Waals surface area (Å²) in [4.78, 5) is 24.6. The topological polar surface area (TPSA) is 114 Å². The molecule has 0 aliphatic carbocycles. The molecule has 0 saturated carbocycles. The van der Waals surface area contributed by atoms with E-state index in [-0.39, 0.29) is 16.2 Å². The Bertz CT molecular complexity index is 1330. The van der Waals surface area contributed by atoms with E-state index < -0.39 is 21.5 Å². The van der Waals surface area contributed by atoms with Crippen molar-refractivity contribution in [3.8, 4) is 5.75 Å². The number of carbonyl (C=O) groups excluding carboxylic acids is 1. The molecule has 0 bridgehead atoms. The van der Waals surface area contributed by atoms with Crippen molar-refractivity contribution in [2.45, 2.75) is 44.0 Å². The number of fused-ring (bicyclic) bond motifs is 1. The van der Waals surface area contributed by atoms with Crippen LogP contribution in [0.3, 0.4) is 0 Å². The normalized spacial score (nSPS) is 14.4. The summed E-state index contributed by atoms with van der Waals surface area (Å²) in [5, 5.41) is 2.85. The van der Waals surface area contributed by atoms with Crippen LogP contribution in [0, 0.1) is 0 Å². The van der Waals surface area contributed by atoms with E-state index in [1.54, 1.807) is 20.8 Å². The first-order valence-corrected chi connectivity index (χ1v) is 12.6. The molecule has 2 heterocycles. The molecule has 10 heteroatoms. The van der Waals surface area contributed by atoms with Gasteiger partial charge in [0.15, 0.2) is 11.6 Å². The number of rotatable bonds is 6. The lowest BCUT2D eigenvalue weighted by molar-refractivity contribution is 0.102. The number of ether oxygens (including phenoxy) is 1. The van der Waals surface area contributed by atoms with Gasteiger partial charge in [-0.1, -0.05) is 12.1 Å². The Morgan fingerprint density at radius 3 is 2.29 bits per heavy atom. The van der Waals surface area contributed by atoms with Crippen molar-refractivity contribution in [1.82, 2.24) is 14.7 Å². The van der Waals surface area contributed by atoms with Crippen LogP contribution in [0.15, 0.2) is 47.4 Å². The average Bonchev–Trinajstić information content (AvgIpc) is 3.31. The molecule has 1 aliphatic heterocycles. The average molecular weight is 484 g/mol. The minimum atomic E-state index is -3.93. The standard InChI is InChI=1S/C24H29N5O4S/c1-24(2,3)28-34(31,32)20-15-16(11-12-19(20)33-4)23(30)27-21-22(29-13-7-8-14-29)26-18-10-6-5-9-17(18)25-21/h5-6,9-12,15,28H,7-8,13-14H2,1-4H3,(H,25,27,30). The van der Waals surface area contributed by atoms with Crippen molar-refractivity contribution in [3.63, 3.8) is 0 Å². The second-order valence-corrected chi connectivity index (χ2v) is 10.9. The zero-order chi connectivity index (χ0) is 24.5. The summed E-state index contributed by atoms with van der Waals surface area (Å²) >= 11 is 0. The maximum atomic E-state index is 13.2. The molecule has 4 rings (SSSR count). The predicted molar refractivity (Wildman–Crippen MR) is 132 cm³/mol. The third-order valence-corrected chi connectivity index (χ3v) is 7.12. The fourth-order valence-electron chi connectivity index (χ4n) is 3.89. The highest BCUT2D eigenvalue weighted by Gasteiger charge is 2.27. The van der Waals surface area contributed by atoms with Crippen LogP contribution in [0.2, 0.25) is 0 Å². The zero-order valence-electron chi connectivity index (χ0n) is 19.8. The lowest BCUT2D eigenvalue weighted by Gasteiger charge is -2.22. The van der Waals surface area contributed by atoms with Crippen molar-refractivity contribution < 1.29 is 17.9 Å². The molecule has 180 valence electrons. The molecular formula is C24H29N5O4S. The number of carbonyl (C=O) groups is 1. The molecule has 9 nitrogen and oxygen atoms in total. The summed E-state index contributed by atoms with van der Waals surface area (Å²) in [6.45, 7) is 6.89. The number of hydrogen-bond acceptors (Lipinski definition) is 7. The summed E-state index contributed by atoms with van der Waals surface area (Å²) in [6.07, 6.45) is 2.09. The van der Waals surface area contributed by atoms with Gasteiger partial charge in [0.1, 0.15) is 10.6 Å². The first-order chi connectivity index (χ1) is 16.1. The summed E-state index contributed by atoms with van der Waals surface area (Å²) < 4.78 is 33.8. The Morgan fingerprint density at radius 1 is 1.03 bits per heavy atom. The quantitative estimate of drug-likeness (QED) is 0.551. The Labute approximate surface area is 199 Å². The van der Waals surface area contributed by atoms with Gasteiger partial charge in [-0.25, -0.2) is 23.1 Å². The molecule has 1 aliphatic rings. The summed E-state index contributed by atoms with van der Waals surface area (Å²) in [6, 6.07) is 11.8. The van der Waals surface area contributed by atoms with Gasteiger partial charge >= 0.3 is 0 Å². The number of anilines is 2. The van der Waals surface area contributed by atoms with Crippen LogP contribution in [0.4, 0.5) is 11.6 Å². The van der Waals surface area contributed by atoms with Crippen molar-refractivity contribution in [2.75, 3.05) is 30.4 Å². The predicted octanol–water partition coefficient (Wildman–Crippen LogP) is 3.57. The van der Waals surface area contributed by atoms with Crippen molar-refractivity contribution >= 4 is 38.6 Å². The Balaban J connectivity index is 1.71. The van der Waals surface area contributed by atoms with Gasteiger partial charge in [-0.3, -0.25) is 4.79 Å².